The summed E-state index contributed by atoms with van der Waals surface area (Å²) in [6, 6.07) is 0. The number of aliphatic hydroxyl groups is 2. The first kappa shape index (κ1) is 25.6. The summed E-state index contributed by atoms with van der Waals surface area (Å²) >= 11 is 0. The molecule has 3 N–H and O–H groups in total. The molecule has 3 heteroatoms. The van der Waals surface area contributed by atoms with Crippen molar-refractivity contribution in [3.63, 3.8) is 0 Å². The Hall–Kier alpha value is -0.380. The number of hydrogen-bond acceptors (Lipinski definition) is 3. The molecular weight excluding hydrogens is 322 g/mol. The molecule has 0 amide bonds. The average Bonchev–Trinajstić information content (AvgIpc) is 2.65. The number of allylic oxidation sites excluding steroid dienone is 2. The normalized spacial score (nSPS) is 12.3. The van der Waals surface area contributed by atoms with Crippen LogP contribution in [0.3, 0.4) is 0 Å². The summed E-state index contributed by atoms with van der Waals surface area (Å²) in [7, 11) is 1.95. The Kier molecular flexibility index (Phi) is 19.1. The highest BCUT2D eigenvalue weighted by Crippen LogP contribution is 2.23. The van der Waals surface area contributed by atoms with Crippen LogP contribution in [0.2, 0.25) is 0 Å². The summed E-state index contributed by atoms with van der Waals surface area (Å²) in [6.45, 7) is 2.64. The van der Waals surface area contributed by atoms with E-state index >= 15 is 0 Å². The van der Waals surface area contributed by atoms with E-state index in [-0.39, 0.29) is 18.8 Å². The van der Waals surface area contributed by atoms with Crippen molar-refractivity contribution in [1.82, 2.24) is 5.32 Å². The highest BCUT2D eigenvalue weighted by Gasteiger charge is 2.26. The van der Waals surface area contributed by atoms with Gasteiger partial charge in [0, 0.05) is 18.8 Å². The molecule has 0 heterocycles. The first-order chi connectivity index (χ1) is 12.7. The molecule has 0 saturated carbocycles. The molecule has 0 aliphatic carbocycles. The van der Waals surface area contributed by atoms with Gasteiger partial charge in [-0.25, -0.2) is 0 Å². The van der Waals surface area contributed by atoms with Gasteiger partial charge in [0.2, 0.25) is 0 Å². The maximum absolute atomic E-state index is 9.26. The molecule has 26 heavy (non-hydrogen) atoms. The number of nitrogens with one attached hydrogen (secondary N) is 1. The largest absolute Gasteiger partial charge is 0.396 e. The Morgan fingerprint density at radius 2 is 1.12 bits per heavy atom. The second-order valence-corrected chi connectivity index (χ2v) is 7.81. The molecule has 0 aromatic carbocycles. The quantitative estimate of drug-likeness (QED) is 0.189. The van der Waals surface area contributed by atoms with Crippen LogP contribution in [-0.2, 0) is 0 Å². The predicted molar refractivity (Wildman–Crippen MR) is 115 cm³/mol. The Labute approximate surface area is 163 Å². The minimum absolute atomic E-state index is 0.0806. The second kappa shape index (κ2) is 19.4. The number of rotatable bonds is 20. The van der Waals surface area contributed by atoms with Crippen LogP contribution < -0.4 is 5.32 Å². The van der Waals surface area contributed by atoms with Gasteiger partial charge in [-0.05, 0) is 52.0 Å². The molecule has 0 atom stereocenters. The van der Waals surface area contributed by atoms with Crippen molar-refractivity contribution in [3.05, 3.63) is 12.2 Å². The Morgan fingerprint density at radius 1 is 0.654 bits per heavy atom. The SMILES string of the molecule is CCCCCCCC/C=C\CCCCCCCC(CCO)(CCO)NC. The van der Waals surface area contributed by atoms with Gasteiger partial charge in [-0.2, -0.15) is 0 Å². The van der Waals surface area contributed by atoms with Crippen LogP contribution in [0.25, 0.3) is 0 Å². The third-order valence-electron chi connectivity index (χ3n) is 5.63. The molecule has 0 aromatic rings. The van der Waals surface area contributed by atoms with E-state index in [4.69, 9.17) is 0 Å². The third kappa shape index (κ3) is 14.8. The van der Waals surface area contributed by atoms with Crippen molar-refractivity contribution in [3.8, 4) is 0 Å². The van der Waals surface area contributed by atoms with Crippen molar-refractivity contribution < 1.29 is 10.2 Å². The third-order valence-corrected chi connectivity index (χ3v) is 5.63. The van der Waals surface area contributed by atoms with Gasteiger partial charge in [0.25, 0.3) is 0 Å². The molecule has 0 radical (unpaired) electrons. The number of unbranched alkanes of at least 4 members (excludes halogenated alkanes) is 11. The van der Waals surface area contributed by atoms with Gasteiger partial charge in [0.05, 0.1) is 0 Å². The summed E-state index contributed by atoms with van der Waals surface area (Å²) in [4.78, 5) is 0. The van der Waals surface area contributed by atoms with E-state index < -0.39 is 0 Å². The van der Waals surface area contributed by atoms with Crippen molar-refractivity contribution in [1.29, 1.82) is 0 Å². The monoisotopic (exact) mass is 369 g/mol. The van der Waals surface area contributed by atoms with E-state index in [1.165, 1.54) is 83.5 Å². The fraction of sp³-hybridized carbons (Fsp3) is 0.913. The molecule has 0 spiro atoms. The molecular formula is C23H47NO2. The maximum Gasteiger partial charge on any atom is 0.0448 e. The van der Waals surface area contributed by atoms with E-state index in [2.05, 4.69) is 24.4 Å². The van der Waals surface area contributed by atoms with E-state index in [9.17, 15) is 10.2 Å². The first-order valence-electron chi connectivity index (χ1n) is 11.3. The zero-order valence-corrected chi connectivity index (χ0v) is 17.8. The molecule has 0 saturated heterocycles. The zero-order chi connectivity index (χ0) is 19.3. The van der Waals surface area contributed by atoms with Crippen molar-refractivity contribution in [2.75, 3.05) is 20.3 Å². The highest BCUT2D eigenvalue weighted by molar-refractivity contribution is 4.86. The fourth-order valence-corrected chi connectivity index (χ4v) is 3.71. The summed E-state index contributed by atoms with van der Waals surface area (Å²) in [6.07, 6.45) is 24.4. The van der Waals surface area contributed by atoms with E-state index in [1.54, 1.807) is 0 Å². The van der Waals surface area contributed by atoms with Crippen LogP contribution in [0.4, 0.5) is 0 Å². The van der Waals surface area contributed by atoms with Crippen molar-refractivity contribution in [2.24, 2.45) is 0 Å². The van der Waals surface area contributed by atoms with Gasteiger partial charge >= 0.3 is 0 Å². The molecule has 0 rings (SSSR count). The van der Waals surface area contributed by atoms with Gasteiger partial charge < -0.3 is 15.5 Å². The van der Waals surface area contributed by atoms with Crippen molar-refractivity contribution in [2.45, 2.75) is 115 Å². The molecule has 3 nitrogen and oxygen atoms in total. The number of hydrogen-bond donors (Lipinski definition) is 3. The average molecular weight is 370 g/mol. The van der Waals surface area contributed by atoms with Crippen molar-refractivity contribution >= 4 is 0 Å². The Bertz CT molecular complexity index is 299. The van der Waals surface area contributed by atoms with Crippen LogP contribution in [0.5, 0.6) is 0 Å². The summed E-state index contributed by atoms with van der Waals surface area (Å²) < 4.78 is 0. The van der Waals surface area contributed by atoms with Gasteiger partial charge in [0.15, 0.2) is 0 Å². The second-order valence-electron chi connectivity index (χ2n) is 7.81. The van der Waals surface area contributed by atoms with Gasteiger partial charge in [0.1, 0.15) is 0 Å². The summed E-state index contributed by atoms with van der Waals surface area (Å²) in [5.41, 5.74) is -0.0806. The predicted octanol–water partition coefficient (Wildman–Crippen LogP) is 5.75. The Morgan fingerprint density at radius 3 is 1.58 bits per heavy atom. The first-order valence-corrected chi connectivity index (χ1v) is 11.3. The van der Waals surface area contributed by atoms with Crippen LogP contribution in [0, 0.1) is 0 Å². The minimum Gasteiger partial charge on any atom is -0.396 e. The maximum atomic E-state index is 9.26. The number of aliphatic hydroxyl groups excluding tert-OH is 2. The minimum atomic E-state index is -0.0806. The molecule has 0 aliphatic heterocycles. The zero-order valence-electron chi connectivity index (χ0n) is 17.8. The van der Waals surface area contributed by atoms with Crippen LogP contribution in [0.15, 0.2) is 12.2 Å². The standard InChI is InChI=1S/C23H47NO2/c1-3-4-5-6-7-8-9-10-11-12-13-14-15-16-17-18-23(24-2,19-21-25)20-22-26/h10-11,24-26H,3-9,12-22H2,1-2H3/b11-10-. The van der Waals surface area contributed by atoms with Gasteiger partial charge in [-0.3, -0.25) is 0 Å². The van der Waals surface area contributed by atoms with E-state index in [0.29, 0.717) is 0 Å². The fourth-order valence-electron chi connectivity index (χ4n) is 3.71. The molecule has 0 bridgehead atoms. The Balaban J connectivity index is 3.50. The van der Waals surface area contributed by atoms with Crippen LogP contribution in [-0.4, -0.2) is 36.0 Å². The summed E-state index contributed by atoms with van der Waals surface area (Å²) in [5, 5.41) is 21.9. The molecule has 156 valence electrons. The van der Waals surface area contributed by atoms with E-state index in [1.807, 2.05) is 7.05 Å². The van der Waals surface area contributed by atoms with Gasteiger partial charge in [-0.15, -0.1) is 0 Å². The lowest BCUT2D eigenvalue weighted by molar-refractivity contribution is 0.160. The van der Waals surface area contributed by atoms with Gasteiger partial charge in [-0.1, -0.05) is 76.9 Å². The molecule has 0 unspecified atom stereocenters. The van der Waals surface area contributed by atoms with Crippen LogP contribution in [0.1, 0.15) is 110 Å². The smallest absolute Gasteiger partial charge is 0.0448 e. The lowest BCUT2D eigenvalue weighted by Crippen LogP contribution is -2.44. The molecule has 0 aromatic heterocycles. The summed E-state index contributed by atoms with van der Waals surface area (Å²) in [5.74, 6) is 0. The highest BCUT2D eigenvalue weighted by atomic mass is 16.3. The topological polar surface area (TPSA) is 52.5 Å². The molecule has 0 aliphatic rings. The lowest BCUT2D eigenvalue weighted by Gasteiger charge is -2.33. The molecule has 0 fully saturated rings. The van der Waals surface area contributed by atoms with E-state index in [0.717, 1.165) is 19.3 Å². The van der Waals surface area contributed by atoms with Crippen LogP contribution >= 0.6 is 0 Å². The lowest BCUT2D eigenvalue weighted by atomic mass is 9.86.